The second-order valence-corrected chi connectivity index (χ2v) is 17.8. The average Bonchev–Trinajstić information content (AvgIpc) is 3.99. The summed E-state index contributed by atoms with van der Waals surface area (Å²) in [5, 5.41) is 12.3. The topological polar surface area (TPSA) is 194 Å². The van der Waals surface area contributed by atoms with E-state index in [1.165, 1.54) is 12.0 Å². The maximum atomic E-state index is 13.8. The number of nitrogens with zero attached hydrogens (tertiary/aromatic N) is 1. The summed E-state index contributed by atoms with van der Waals surface area (Å²) in [7, 11) is -1.95. The van der Waals surface area contributed by atoms with Crippen LogP contribution >= 0.6 is 0 Å². The number of nitrogens with one attached hydrogen (secondary N) is 2. The van der Waals surface area contributed by atoms with E-state index in [0.29, 0.717) is 19.3 Å². The van der Waals surface area contributed by atoms with E-state index in [9.17, 15) is 32.7 Å². The number of alkyl carbamates (subject to hydrolysis) is 1. The zero-order chi connectivity index (χ0) is 38.9. The van der Waals surface area contributed by atoms with E-state index in [1.807, 2.05) is 80.1 Å². The van der Waals surface area contributed by atoms with Crippen LogP contribution in [0.4, 0.5) is 4.79 Å². The molecule has 2 saturated carbocycles. The van der Waals surface area contributed by atoms with Crippen LogP contribution in [0.1, 0.15) is 72.8 Å². The number of benzene rings is 2. The molecular weight excluding hydrogens is 689 g/mol. The predicted molar refractivity (Wildman–Crippen MR) is 196 cm³/mol. The molecule has 3 amide bonds. The first-order chi connectivity index (χ1) is 24.1. The molecular formula is C38H52N4O9S. The fourth-order valence-corrected chi connectivity index (χ4v) is 7.55. The van der Waals surface area contributed by atoms with Crippen LogP contribution in [-0.4, -0.2) is 84.4 Å². The number of carbonyl (C=O) groups excluding carboxylic acids is 3. The SMILES string of the molecule is C=C[C@@H]1C[C@]1(N)C(=O)NS(=O)(=O)C1CC1.CO[C@@]1(c2ccc(-c3ccccc3)cc2)C[C@@H](C(=O)O)N(C(=O)[C@@H](NC(=O)OC(C)(C)C)C(C)(C)C)C1. The van der Waals surface area contributed by atoms with Gasteiger partial charge in [-0.15, -0.1) is 6.58 Å². The fraction of sp³-hybridized carbons (Fsp3) is 0.526. The number of amides is 3. The third kappa shape index (κ3) is 9.39. The minimum absolute atomic E-state index is 0.0343. The lowest BCUT2D eigenvalue weighted by atomic mass is 9.85. The second-order valence-electron chi connectivity index (χ2n) is 15.9. The highest BCUT2D eigenvalue weighted by molar-refractivity contribution is 7.91. The van der Waals surface area contributed by atoms with Gasteiger partial charge in [-0.3, -0.25) is 14.3 Å². The van der Waals surface area contributed by atoms with Crippen LogP contribution in [0.25, 0.3) is 11.1 Å². The van der Waals surface area contributed by atoms with Crippen LogP contribution in [0.2, 0.25) is 0 Å². The zero-order valence-corrected chi connectivity index (χ0v) is 31.8. The molecule has 1 aliphatic heterocycles. The highest BCUT2D eigenvalue weighted by Gasteiger charge is 2.57. The third-order valence-electron chi connectivity index (χ3n) is 9.54. The highest BCUT2D eigenvalue weighted by Crippen LogP contribution is 2.43. The second kappa shape index (κ2) is 15.0. The molecule has 5 rings (SSSR count). The minimum Gasteiger partial charge on any atom is -0.480 e. The van der Waals surface area contributed by atoms with Crippen molar-refractivity contribution in [2.45, 2.75) is 101 Å². The summed E-state index contributed by atoms with van der Waals surface area (Å²) in [5.41, 5.74) is 5.08. The number of aliphatic carboxylic acids is 1. The Kier molecular flexibility index (Phi) is 11.7. The van der Waals surface area contributed by atoms with Crippen molar-refractivity contribution in [1.29, 1.82) is 0 Å². The lowest BCUT2D eigenvalue weighted by Gasteiger charge is -2.35. The molecule has 5 N–H and O–H groups in total. The van der Waals surface area contributed by atoms with Crippen LogP contribution in [0.5, 0.6) is 0 Å². The summed E-state index contributed by atoms with van der Waals surface area (Å²) >= 11 is 0. The number of likely N-dealkylation sites (tertiary alicyclic amines) is 1. The molecule has 284 valence electrons. The number of carboxylic acid groups (broad SMARTS) is 1. The van der Waals surface area contributed by atoms with Crippen molar-refractivity contribution in [1.82, 2.24) is 14.9 Å². The Morgan fingerprint density at radius 2 is 1.56 bits per heavy atom. The Bertz CT molecular complexity index is 1770. The molecule has 5 atom stereocenters. The van der Waals surface area contributed by atoms with Crippen LogP contribution in [0.15, 0.2) is 67.3 Å². The van der Waals surface area contributed by atoms with E-state index < -0.39 is 73.4 Å². The van der Waals surface area contributed by atoms with Gasteiger partial charge >= 0.3 is 12.1 Å². The van der Waals surface area contributed by atoms with E-state index in [2.05, 4.69) is 11.9 Å². The largest absolute Gasteiger partial charge is 0.480 e. The summed E-state index contributed by atoms with van der Waals surface area (Å²) in [4.78, 5) is 51.6. The standard InChI is InChI=1S/C29H38N2O6.C9H14N2O3S/c1-27(2,3)23(30-26(35)37-28(4,5)6)24(32)31-18-29(36-7,17-22(31)25(33)34)21-15-13-20(14-16-21)19-11-9-8-10-12-19;1-2-6-5-9(6,10)8(12)11-15(13,14)7-3-4-7/h8-16,22-23H,17-18H2,1-7H3,(H,30,35)(H,33,34);2,6-7H,1,3-5,10H2,(H,11,12)/t22-,23+,29-;6-,9-/m01/s1. The van der Waals surface area contributed by atoms with Gasteiger partial charge < -0.3 is 30.5 Å². The number of rotatable bonds is 10. The van der Waals surface area contributed by atoms with Gasteiger partial charge in [0.25, 0.3) is 5.91 Å². The number of nitrogens with two attached hydrogens (primary N) is 1. The first-order valence-corrected chi connectivity index (χ1v) is 18.8. The molecule has 0 aromatic heterocycles. The smallest absolute Gasteiger partial charge is 0.408 e. The van der Waals surface area contributed by atoms with Gasteiger partial charge in [-0.2, -0.15) is 0 Å². The van der Waals surface area contributed by atoms with E-state index in [4.69, 9.17) is 15.2 Å². The first kappa shape index (κ1) is 40.5. The molecule has 0 bridgehead atoms. The summed E-state index contributed by atoms with van der Waals surface area (Å²) in [6.07, 6.45) is 2.67. The molecule has 3 fully saturated rings. The molecule has 1 saturated heterocycles. The van der Waals surface area contributed by atoms with Gasteiger partial charge in [0, 0.05) is 19.4 Å². The highest BCUT2D eigenvalue weighted by atomic mass is 32.2. The molecule has 2 aromatic rings. The van der Waals surface area contributed by atoms with Crippen LogP contribution in [0, 0.1) is 11.3 Å². The Labute approximate surface area is 306 Å². The van der Waals surface area contributed by atoms with Crippen molar-refractivity contribution in [3.8, 4) is 11.1 Å². The van der Waals surface area contributed by atoms with Crippen molar-refractivity contribution in [2.24, 2.45) is 17.1 Å². The maximum Gasteiger partial charge on any atom is 0.408 e. The van der Waals surface area contributed by atoms with Gasteiger partial charge in [-0.05, 0) is 62.1 Å². The van der Waals surface area contributed by atoms with E-state index in [1.54, 1.807) is 26.8 Å². The number of hydrogen-bond acceptors (Lipinski definition) is 9. The first-order valence-electron chi connectivity index (χ1n) is 17.3. The van der Waals surface area contributed by atoms with Crippen molar-refractivity contribution < 1.29 is 42.2 Å². The third-order valence-corrected chi connectivity index (χ3v) is 11.4. The van der Waals surface area contributed by atoms with Crippen molar-refractivity contribution in [2.75, 3.05) is 13.7 Å². The minimum atomic E-state index is -3.47. The lowest BCUT2D eigenvalue weighted by molar-refractivity contribution is -0.150. The summed E-state index contributed by atoms with van der Waals surface area (Å²) in [6.45, 7) is 14.2. The predicted octanol–water partition coefficient (Wildman–Crippen LogP) is 4.32. The molecule has 2 aliphatic carbocycles. The molecule has 3 aliphatic rings. The number of sulfonamides is 1. The molecule has 52 heavy (non-hydrogen) atoms. The Balaban J connectivity index is 0.000000334. The molecule has 0 unspecified atom stereocenters. The van der Waals surface area contributed by atoms with E-state index >= 15 is 0 Å². The van der Waals surface area contributed by atoms with E-state index in [-0.39, 0.29) is 18.9 Å². The molecule has 14 heteroatoms. The van der Waals surface area contributed by atoms with E-state index in [0.717, 1.165) is 16.7 Å². The lowest BCUT2D eigenvalue weighted by Crippen LogP contribution is -2.57. The zero-order valence-electron chi connectivity index (χ0n) is 31.0. The Morgan fingerprint density at radius 3 is 2.02 bits per heavy atom. The van der Waals surface area contributed by atoms with Crippen LogP contribution < -0.4 is 15.8 Å². The number of carboxylic acids is 1. The van der Waals surface area contributed by atoms with Gasteiger partial charge in [0.05, 0.1) is 11.8 Å². The van der Waals surface area contributed by atoms with Gasteiger partial charge in [0.1, 0.15) is 28.8 Å². The molecule has 0 radical (unpaired) electrons. The summed E-state index contributed by atoms with van der Waals surface area (Å²) < 4.78 is 36.3. The maximum absolute atomic E-state index is 13.8. The van der Waals surface area contributed by atoms with Crippen LogP contribution in [-0.2, 0) is 39.5 Å². The van der Waals surface area contributed by atoms with Crippen molar-refractivity contribution in [3.63, 3.8) is 0 Å². The Morgan fingerprint density at radius 1 is 0.981 bits per heavy atom. The summed E-state index contributed by atoms with van der Waals surface area (Å²) in [5.74, 6) is -2.32. The van der Waals surface area contributed by atoms with Crippen molar-refractivity contribution >= 4 is 33.9 Å². The quantitative estimate of drug-likeness (QED) is 0.255. The van der Waals surface area contributed by atoms with Gasteiger partial charge in [0.15, 0.2) is 0 Å². The summed E-state index contributed by atoms with van der Waals surface area (Å²) in [6, 6.07) is 15.6. The monoisotopic (exact) mass is 740 g/mol. The van der Waals surface area contributed by atoms with Crippen molar-refractivity contribution in [3.05, 3.63) is 72.8 Å². The number of hydrogen-bond donors (Lipinski definition) is 4. The molecule has 1 heterocycles. The number of ether oxygens (including phenoxy) is 2. The molecule has 0 spiro atoms. The van der Waals surface area contributed by atoms with Crippen LogP contribution in [0.3, 0.4) is 0 Å². The number of carbonyl (C=O) groups is 4. The normalized spacial score (nSPS) is 24.8. The van der Waals surface area contributed by atoms with Gasteiger partial charge in [0.2, 0.25) is 15.9 Å². The molecule has 2 aromatic carbocycles. The fourth-order valence-electron chi connectivity index (χ4n) is 6.18. The van der Waals surface area contributed by atoms with Gasteiger partial charge in [-0.25, -0.2) is 18.0 Å². The molecule has 13 nitrogen and oxygen atoms in total. The van der Waals surface area contributed by atoms with Gasteiger partial charge in [-0.1, -0.05) is 81.4 Å². The number of methoxy groups -OCH3 is 1. The average molecular weight is 741 g/mol. The Hall–Kier alpha value is -4.27.